The Morgan fingerprint density at radius 2 is 1.88 bits per heavy atom. The summed E-state index contributed by atoms with van der Waals surface area (Å²) in [5.74, 6) is -0.712. The third kappa shape index (κ3) is 2.85. The maximum absolute atomic E-state index is 11.6. The van der Waals surface area contributed by atoms with Crippen LogP contribution in [0.3, 0.4) is 0 Å². The molecule has 3 amide bonds. The summed E-state index contributed by atoms with van der Waals surface area (Å²) < 4.78 is 0. The molecule has 1 fully saturated rings. The van der Waals surface area contributed by atoms with E-state index in [0.29, 0.717) is 13.1 Å². The second-order valence-corrected chi connectivity index (χ2v) is 4.49. The Hall–Kier alpha value is -1.30. The molecule has 0 radical (unpaired) electrons. The first kappa shape index (κ1) is 12.8. The van der Waals surface area contributed by atoms with Gasteiger partial charge in [-0.1, -0.05) is 0 Å². The molecule has 0 spiro atoms. The first-order valence-corrected chi connectivity index (χ1v) is 5.43. The van der Waals surface area contributed by atoms with Crippen LogP contribution >= 0.6 is 0 Å². The number of carbonyl (C=O) groups is 2. The van der Waals surface area contributed by atoms with Crippen molar-refractivity contribution >= 4 is 11.9 Å². The number of hydrogen-bond acceptors (Lipinski definition) is 3. The SMILES string of the molecule is CC(C)NC(=O)N1CCC(O)(C(N)=O)CC1. The molecule has 6 nitrogen and oxygen atoms in total. The molecular weight excluding hydrogens is 210 g/mol. The summed E-state index contributed by atoms with van der Waals surface area (Å²) in [5.41, 5.74) is 3.65. The molecule has 1 heterocycles. The van der Waals surface area contributed by atoms with Crippen molar-refractivity contribution < 1.29 is 14.7 Å². The number of primary amides is 1. The average molecular weight is 229 g/mol. The number of carbonyl (C=O) groups excluding carboxylic acids is 2. The van der Waals surface area contributed by atoms with E-state index >= 15 is 0 Å². The minimum absolute atomic E-state index is 0.0736. The van der Waals surface area contributed by atoms with Crippen LogP contribution in [0, 0.1) is 0 Å². The molecule has 0 aromatic rings. The van der Waals surface area contributed by atoms with Gasteiger partial charge < -0.3 is 21.1 Å². The van der Waals surface area contributed by atoms with Crippen molar-refractivity contribution in [3.8, 4) is 0 Å². The van der Waals surface area contributed by atoms with E-state index in [2.05, 4.69) is 5.32 Å². The van der Waals surface area contributed by atoms with E-state index in [1.54, 1.807) is 4.90 Å². The molecule has 0 bridgehead atoms. The van der Waals surface area contributed by atoms with Crippen molar-refractivity contribution in [3.05, 3.63) is 0 Å². The highest BCUT2D eigenvalue weighted by molar-refractivity contribution is 5.83. The van der Waals surface area contributed by atoms with Crippen molar-refractivity contribution in [3.63, 3.8) is 0 Å². The summed E-state index contributed by atoms with van der Waals surface area (Å²) in [6.45, 7) is 4.44. The van der Waals surface area contributed by atoms with Crippen molar-refractivity contribution in [2.45, 2.75) is 38.3 Å². The fraction of sp³-hybridized carbons (Fsp3) is 0.800. The number of nitrogens with one attached hydrogen (secondary N) is 1. The zero-order chi connectivity index (χ0) is 12.3. The van der Waals surface area contributed by atoms with E-state index in [0.717, 1.165) is 0 Å². The second kappa shape index (κ2) is 4.69. The lowest BCUT2D eigenvalue weighted by Crippen LogP contribution is -2.55. The fourth-order valence-corrected chi connectivity index (χ4v) is 1.66. The van der Waals surface area contributed by atoms with E-state index in [4.69, 9.17) is 5.73 Å². The number of aliphatic hydroxyl groups is 1. The molecule has 1 aliphatic rings. The number of urea groups is 1. The van der Waals surface area contributed by atoms with Crippen LogP contribution in [0.2, 0.25) is 0 Å². The van der Waals surface area contributed by atoms with E-state index < -0.39 is 11.5 Å². The van der Waals surface area contributed by atoms with E-state index in [-0.39, 0.29) is 24.9 Å². The summed E-state index contributed by atoms with van der Waals surface area (Å²) in [5, 5.41) is 12.6. The Kier molecular flexibility index (Phi) is 3.74. The Morgan fingerprint density at radius 1 is 1.38 bits per heavy atom. The highest BCUT2D eigenvalue weighted by atomic mass is 16.3. The molecule has 1 aliphatic heterocycles. The van der Waals surface area contributed by atoms with Gasteiger partial charge in [-0.2, -0.15) is 0 Å². The molecule has 0 atom stereocenters. The van der Waals surface area contributed by atoms with Gasteiger partial charge in [0.15, 0.2) is 0 Å². The maximum atomic E-state index is 11.6. The van der Waals surface area contributed by atoms with Crippen molar-refractivity contribution in [2.24, 2.45) is 5.73 Å². The smallest absolute Gasteiger partial charge is 0.317 e. The van der Waals surface area contributed by atoms with Gasteiger partial charge in [-0.25, -0.2) is 4.79 Å². The summed E-state index contributed by atoms with van der Waals surface area (Å²) in [7, 11) is 0. The monoisotopic (exact) mass is 229 g/mol. The molecule has 0 saturated carbocycles. The Labute approximate surface area is 94.8 Å². The van der Waals surface area contributed by atoms with Crippen molar-refractivity contribution in [2.75, 3.05) is 13.1 Å². The number of hydrogen-bond donors (Lipinski definition) is 3. The van der Waals surface area contributed by atoms with Crippen LogP contribution in [-0.2, 0) is 4.79 Å². The van der Waals surface area contributed by atoms with E-state index in [1.165, 1.54) is 0 Å². The molecule has 1 rings (SSSR count). The first-order chi connectivity index (χ1) is 7.35. The van der Waals surface area contributed by atoms with Gasteiger partial charge in [0, 0.05) is 32.0 Å². The molecule has 1 saturated heterocycles. The van der Waals surface area contributed by atoms with Gasteiger partial charge in [0.1, 0.15) is 5.60 Å². The van der Waals surface area contributed by atoms with E-state index in [9.17, 15) is 14.7 Å². The molecule has 6 heteroatoms. The predicted molar refractivity (Wildman–Crippen MR) is 58.6 cm³/mol. The zero-order valence-corrected chi connectivity index (χ0v) is 9.69. The lowest BCUT2D eigenvalue weighted by molar-refractivity contribution is -0.140. The highest BCUT2D eigenvalue weighted by Crippen LogP contribution is 2.21. The largest absolute Gasteiger partial charge is 0.380 e. The van der Waals surface area contributed by atoms with Crippen LogP contribution in [0.25, 0.3) is 0 Å². The topological polar surface area (TPSA) is 95.7 Å². The van der Waals surface area contributed by atoms with Crippen LogP contribution in [0.15, 0.2) is 0 Å². The summed E-state index contributed by atoms with van der Waals surface area (Å²) >= 11 is 0. The molecule has 92 valence electrons. The van der Waals surface area contributed by atoms with Gasteiger partial charge in [0.2, 0.25) is 5.91 Å². The summed E-state index contributed by atoms with van der Waals surface area (Å²) in [6.07, 6.45) is 0.404. The minimum atomic E-state index is -1.45. The Bertz CT molecular complexity index is 283. The maximum Gasteiger partial charge on any atom is 0.317 e. The molecular formula is C10H19N3O3. The van der Waals surface area contributed by atoms with Crippen LogP contribution in [-0.4, -0.2) is 46.7 Å². The Balaban J connectivity index is 2.49. The molecule has 0 aliphatic carbocycles. The molecule has 0 aromatic carbocycles. The molecule has 16 heavy (non-hydrogen) atoms. The summed E-state index contributed by atoms with van der Waals surface area (Å²) in [4.78, 5) is 24.2. The van der Waals surface area contributed by atoms with Crippen LogP contribution in [0.1, 0.15) is 26.7 Å². The number of piperidine rings is 1. The lowest BCUT2D eigenvalue weighted by atomic mass is 9.91. The fourth-order valence-electron chi connectivity index (χ4n) is 1.66. The molecule has 0 unspecified atom stereocenters. The van der Waals surface area contributed by atoms with Gasteiger partial charge in [-0.3, -0.25) is 4.79 Å². The standard InChI is InChI=1S/C10H19N3O3/c1-7(2)12-9(15)13-5-3-10(16,4-6-13)8(11)14/h7,16H,3-6H2,1-2H3,(H2,11,14)(H,12,15). The average Bonchev–Trinajstić information content (AvgIpc) is 2.17. The highest BCUT2D eigenvalue weighted by Gasteiger charge is 2.38. The molecule has 4 N–H and O–H groups in total. The Morgan fingerprint density at radius 3 is 2.25 bits per heavy atom. The number of rotatable bonds is 2. The van der Waals surface area contributed by atoms with Crippen molar-refractivity contribution in [1.29, 1.82) is 0 Å². The predicted octanol–water partition coefficient (Wildman–Crippen LogP) is -0.583. The third-order valence-corrected chi connectivity index (χ3v) is 2.75. The lowest BCUT2D eigenvalue weighted by Gasteiger charge is -2.36. The summed E-state index contributed by atoms with van der Waals surface area (Å²) in [6, 6.07) is -0.0917. The van der Waals surface area contributed by atoms with Gasteiger partial charge in [0.05, 0.1) is 0 Å². The van der Waals surface area contributed by atoms with Gasteiger partial charge in [-0.15, -0.1) is 0 Å². The quantitative estimate of drug-likeness (QED) is 0.591. The third-order valence-electron chi connectivity index (χ3n) is 2.75. The number of amides is 3. The van der Waals surface area contributed by atoms with E-state index in [1.807, 2.05) is 13.8 Å². The van der Waals surface area contributed by atoms with Crippen LogP contribution < -0.4 is 11.1 Å². The van der Waals surface area contributed by atoms with Crippen LogP contribution in [0.5, 0.6) is 0 Å². The van der Waals surface area contributed by atoms with Gasteiger partial charge in [0.25, 0.3) is 0 Å². The number of likely N-dealkylation sites (tertiary alicyclic amines) is 1. The first-order valence-electron chi connectivity index (χ1n) is 5.43. The molecule has 0 aromatic heterocycles. The second-order valence-electron chi connectivity index (χ2n) is 4.49. The number of nitrogens with two attached hydrogens (primary N) is 1. The normalized spacial score (nSPS) is 19.6. The van der Waals surface area contributed by atoms with Crippen molar-refractivity contribution in [1.82, 2.24) is 10.2 Å². The van der Waals surface area contributed by atoms with Crippen LogP contribution in [0.4, 0.5) is 4.79 Å². The number of nitrogens with zero attached hydrogens (tertiary/aromatic N) is 1. The zero-order valence-electron chi connectivity index (χ0n) is 9.69. The van der Waals surface area contributed by atoms with Gasteiger partial charge in [-0.05, 0) is 13.8 Å². The van der Waals surface area contributed by atoms with Gasteiger partial charge >= 0.3 is 6.03 Å². The minimum Gasteiger partial charge on any atom is -0.380 e.